The maximum atomic E-state index is 12.4. The van der Waals surface area contributed by atoms with E-state index in [-0.39, 0.29) is 5.56 Å². The minimum absolute atomic E-state index is 0.0794. The van der Waals surface area contributed by atoms with Gasteiger partial charge in [0.25, 0.3) is 5.56 Å². The molecule has 0 unspecified atom stereocenters. The van der Waals surface area contributed by atoms with E-state index in [0.717, 1.165) is 24.9 Å². The molecule has 6 heteroatoms. The first-order chi connectivity index (χ1) is 9.24. The molecule has 0 radical (unpaired) electrons. The van der Waals surface area contributed by atoms with E-state index in [1.807, 2.05) is 6.07 Å². The number of unbranched alkanes of at least 4 members (excludes halogenated alkanes) is 2. The van der Waals surface area contributed by atoms with Gasteiger partial charge < -0.3 is 9.55 Å². The van der Waals surface area contributed by atoms with Gasteiger partial charge in [-0.25, -0.2) is 4.40 Å². The van der Waals surface area contributed by atoms with Crippen LogP contribution in [0.25, 0.3) is 16.8 Å². The van der Waals surface area contributed by atoms with Crippen molar-refractivity contribution in [3.8, 4) is 0 Å². The molecule has 0 aliphatic heterocycles. The number of hydrogen-bond acceptors (Lipinski definition) is 3. The van der Waals surface area contributed by atoms with Crippen molar-refractivity contribution in [1.82, 2.24) is 24.1 Å². The molecular formula is C13H17N5O. The summed E-state index contributed by atoms with van der Waals surface area (Å²) in [5.41, 5.74) is 1.44. The van der Waals surface area contributed by atoms with E-state index in [1.165, 1.54) is 6.42 Å². The quantitative estimate of drug-likeness (QED) is 0.727. The highest BCUT2D eigenvalue weighted by Gasteiger charge is 2.14. The third-order valence-electron chi connectivity index (χ3n) is 3.47. The first-order valence-electron chi connectivity index (χ1n) is 6.65. The predicted molar refractivity (Wildman–Crippen MR) is 73.4 cm³/mol. The first-order valence-corrected chi connectivity index (χ1v) is 6.65. The van der Waals surface area contributed by atoms with Gasteiger partial charge in [0, 0.05) is 12.7 Å². The molecule has 3 rings (SSSR count). The van der Waals surface area contributed by atoms with Crippen molar-refractivity contribution < 1.29 is 0 Å². The molecule has 0 saturated heterocycles. The van der Waals surface area contributed by atoms with Gasteiger partial charge in [-0.2, -0.15) is 0 Å². The first kappa shape index (κ1) is 12.0. The Morgan fingerprint density at radius 2 is 2.16 bits per heavy atom. The lowest BCUT2D eigenvalue weighted by molar-refractivity contribution is 0.615. The molecule has 3 aromatic heterocycles. The summed E-state index contributed by atoms with van der Waals surface area (Å²) in [7, 11) is 0. The van der Waals surface area contributed by atoms with Crippen molar-refractivity contribution in [3.63, 3.8) is 0 Å². The lowest BCUT2D eigenvalue weighted by atomic mass is 10.2. The van der Waals surface area contributed by atoms with Gasteiger partial charge in [-0.3, -0.25) is 4.79 Å². The third kappa shape index (κ3) is 1.75. The zero-order valence-corrected chi connectivity index (χ0v) is 11.2. The smallest absolute Gasteiger partial charge is 0.284 e. The SMILES string of the molecule is CCCCCn1c2cc[nH]c2c(=O)n2c(C)nnc12. The number of rotatable bonds is 4. The van der Waals surface area contributed by atoms with E-state index in [2.05, 4.69) is 26.7 Å². The van der Waals surface area contributed by atoms with Gasteiger partial charge in [-0.05, 0) is 19.4 Å². The lowest BCUT2D eigenvalue weighted by Crippen LogP contribution is -2.19. The average molecular weight is 259 g/mol. The zero-order valence-electron chi connectivity index (χ0n) is 11.2. The average Bonchev–Trinajstić information content (AvgIpc) is 3.01. The number of aromatic nitrogens is 5. The monoisotopic (exact) mass is 259 g/mol. The van der Waals surface area contributed by atoms with Crippen molar-refractivity contribution in [2.75, 3.05) is 0 Å². The number of nitrogens with one attached hydrogen (secondary N) is 1. The third-order valence-corrected chi connectivity index (χ3v) is 3.47. The Balaban J connectivity index is 2.28. The van der Waals surface area contributed by atoms with Gasteiger partial charge >= 0.3 is 0 Å². The molecule has 0 atom stereocenters. The number of aromatic amines is 1. The second-order valence-electron chi connectivity index (χ2n) is 4.78. The van der Waals surface area contributed by atoms with Gasteiger partial charge in [-0.1, -0.05) is 19.8 Å². The molecule has 1 N–H and O–H groups in total. The predicted octanol–water partition coefficient (Wildman–Crippen LogP) is 1.87. The van der Waals surface area contributed by atoms with E-state index < -0.39 is 0 Å². The Bertz CT molecular complexity index is 779. The van der Waals surface area contributed by atoms with Gasteiger partial charge in [0.15, 0.2) is 0 Å². The summed E-state index contributed by atoms with van der Waals surface area (Å²) in [6.07, 6.45) is 5.20. The van der Waals surface area contributed by atoms with Crippen LogP contribution in [0.4, 0.5) is 0 Å². The van der Waals surface area contributed by atoms with Crippen LogP contribution in [0.2, 0.25) is 0 Å². The summed E-state index contributed by atoms with van der Waals surface area (Å²) >= 11 is 0. The highest BCUT2D eigenvalue weighted by molar-refractivity contribution is 5.76. The molecule has 0 aromatic carbocycles. The van der Waals surface area contributed by atoms with Crippen molar-refractivity contribution in [2.24, 2.45) is 0 Å². The Morgan fingerprint density at radius 1 is 1.32 bits per heavy atom. The number of nitrogens with zero attached hydrogens (tertiary/aromatic N) is 4. The Labute approximate surface area is 110 Å². The largest absolute Gasteiger partial charge is 0.355 e. The normalized spacial score (nSPS) is 11.7. The number of H-pyrrole nitrogens is 1. The van der Waals surface area contributed by atoms with Crippen LogP contribution in [0.5, 0.6) is 0 Å². The zero-order chi connectivity index (χ0) is 13.4. The molecule has 0 saturated carbocycles. The van der Waals surface area contributed by atoms with Crippen LogP contribution in [-0.2, 0) is 6.54 Å². The van der Waals surface area contributed by atoms with Crippen LogP contribution in [0.1, 0.15) is 32.0 Å². The van der Waals surface area contributed by atoms with Crippen LogP contribution < -0.4 is 5.56 Å². The van der Waals surface area contributed by atoms with Crippen molar-refractivity contribution >= 4 is 16.8 Å². The molecule has 3 aromatic rings. The highest BCUT2D eigenvalue weighted by atomic mass is 16.1. The lowest BCUT2D eigenvalue weighted by Gasteiger charge is -2.09. The standard InChI is InChI=1S/C13H17N5O/c1-3-4-5-8-17-10-6-7-14-11(10)12(19)18-9(2)15-16-13(17)18/h6-7,14H,3-5,8H2,1-2H3. The van der Waals surface area contributed by atoms with E-state index in [0.29, 0.717) is 17.1 Å². The molecule has 0 spiro atoms. The van der Waals surface area contributed by atoms with Crippen LogP contribution in [0.3, 0.4) is 0 Å². The van der Waals surface area contributed by atoms with Gasteiger partial charge in [-0.15, -0.1) is 10.2 Å². The second kappa shape index (κ2) is 4.53. The molecule has 19 heavy (non-hydrogen) atoms. The van der Waals surface area contributed by atoms with Gasteiger partial charge in [0.05, 0.1) is 5.52 Å². The molecule has 6 nitrogen and oxygen atoms in total. The number of hydrogen-bond donors (Lipinski definition) is 1. The van der Waals surface area contributed by atoms with Crippen molar-refractivity contribution in [2.45, 2.75) is 39.7 Å². The Kier molecular flexibility index (Phi) is 2.85. The van der Waals surface area contributed by atoms with Crippen LogP contribution in [0.15, 0.2) is 17.1 Å². The summed E-state index contributed by atoms with van der Waals surface area (Å²) in [6.45, 7) is 4.82. The summed E-state index contributed by atoms with van der Waals surface area (Å²) < 4.78 is 3.65. The fraction of sp³-hybridized carbons (Fsp3) is 0.462. The summed E-state index contributed by atoms with van der Waals surface area (Å²) in [6, 6.07) is 1.92. The molecule has 3 heterocycles. The minimum Gasteiger partial charge on any atom is -0.355 e. The maximum absolute atomic E-state index is 12.4. The van der Waals surface area contributed by atoms with E-state index in [4.69, 9.17) is 0 Å². The Hall–Kier alpha value is -2.11. The summed E-state index contributed by atoms with van der Waals surface area (Å²) in [5, 5.41) is 8.18. The molecule has 0 bridgehead atoms. The molecule has 100 valence electrons. The van der Waals surface area contributed by atoms with Crippen LogP contribution in [-0.4, -0.2) is 24.1 Å². The molecule has 0 amide bonds. The van der Waals surface area contributed by atoms with Crippen molar-refractivity contribution in [1.29, 1.82) is 0 Å². The van der Waals surface area contributed by atoms with Crippen molar-refractivity contribution in [3.05, 3.63) is 28.4 Å². The van der Waals surface area contributed by atoms with Gasteiger partial charge in [0.2, 0.25) is 5.78 Å². The van der Waals surface area contributed by atoms with E-state index in [9.17, 15) is 4.79 Å². The van der Waals surface area contributed by atoms with E-state index in [1.54, 1.807) is 17.5 Å². The maximum Gasteiger partial charge on any atom is 0.284 e. The number of fused-ring (bicyclic) bond motifs is 2. The fourth-order valence-electron chi connectivity index (χ4n) is 2.48. The summed E-state index contributed by atoms with van der Waals surface area (Å²) in [4.78, 5) is 15.4. The molecule has 0 aliphatic carbocycles. The van der Waals surface area contributed by atoms with Crippen LogP contribution >= 0.6 is 0 Å². The second-order valence-corrected chi connectivity index (χ2v) is 4.78. The number of aryl methyl sites for hydroxylation is 2. The molecule has 0 aliphatic rings. The Morgan fingerprint density at radius 3 is 2.95 bits per heavy atom. The molecular weight excluding hydrogens is 242 g/mol. The highest BCUT2D eigenvalue weighted by Crippen LogP contribution is 2.14. The van der Waals surface area contributed by atoms with Gasteiger partial charge in [0.1, 0.15) is 11.3 Å². The molecule has 0 fully saturated rings. The minimum atomic E-state index is -0.0794. The fourth-order valence-corrected chi connectivity index (χ4v) is 2.48. The summed E-state index contributed by atoms with van der Waals surface area (Å²) in [5.74, 6) is 1.26. The van der Waals surface area contributed by atoms with E-state index >= 15 is 0 Å². The topological polar surface area (TPSA) is 68.0 Å². The van der Waals surface area contributed by atoms with Crippen LogP contribution in [0, 0.1) is 6.92 Å².